The number of aliphatic hydroxyl groups excluding tert-OH is 1. The van der Waals surface area contributed by atoms with Crippen LogP contribution in [0, 0.1) is 52.8 Å². The number of aliphatic carboxylic acids is 1. The predicted molar refractivity (Wildman–Crippen MR) is 165 cm³/mol. The van der Waals surface area contributed by atoms with E-state index in [2.05, 4.69) is 19.2 Å². The molecule has 7 unspecified atom stereocenters. The van der Waals surface area contributed by atoms with Gasteiger partial charge in [0.1, 0.15) is 24.2 Å². The Hall–Kier alpha value is -2.73. The Morgan fingerprint density at radius 3 is 2.57 bits per heavy atom. The molecule has 0 amide bonds. The van der Waals surface area contributed by atoms with Gasteiger partial charge >= 0.3 is 12.1 Å². The number of furan rings is 1. The van der Waals surface area contributed by atoms with Crippen LogP contribution in [0.2, 0.25) is 0 Å². The van der Waals surface area contributed by atoms with Gasteiger partial charge in [0.15, 0.2) is 5.78 Å². The van der Waals surface area contributed by atoms with Crippen molar-refractivity contribution < 1.29 is 48.3 Å². The van der Waals surface area contributed by atoms with Crippen LogP contribution in [0.25, 0.3) is 0 Å². The molecule has 1 aromatic heterocycles. The Labute approximate surface area is 270 Å². The molecular formula is C35H49NO10. The summed E-state index contributed by atoms with van der Waals surface area (Å²) in [5, 5.41) is 32.7. The van der Waals surface area contributed by atoms with Gasteiger partial charge in [-0.05, 0) is 93.2 Å². The van der Waals surface area contributed by atoms with Gasteiger partial charge in [0, 0.05) is 23.3 Å². The van der Waals surface area contributed by atoms with Gasteiger partial charge in [-0.15, -0.1) is 0 Å². The number of rotatable bonds is 11. The van der Waals surface area contributed by atoms with Crippen molar-refractivity contribution in [2.45, 2.75) is 90.7 Å². The minimum atomic E-state index is -1.36. The standard InChI is InChI=1S/C35H49NO10/c1-18(2)10-20-4-7-24-23-8-9-26-25-16-43-17-35(26,27(23)11-28(38)31(24)30(20)33(39)40)12-29(46-34(41)42)32(25)44-15-19(3)36-13-21-5-6-22(14-37)45-21/h5-6,11,18-20,23-26,29-32,36-37H,4,7-10,12-17H2,1-3H3,(H,39,40)(H,41,42)/t19?,20?,23?,24?,25?,26?,29-,30-,31?,32-,35-/m1/s1. The Kier molecular flexibility index (Phi) is 9.67. The van der Waals surface area contributed by atoms with Crippen LogP contribution < -0.4 is 5.32 Å². The highest BCUT2D eigenvalue weighted by molar-refractivity contribution is 5.97. The average molecular weight is 644 g/mol. The maximum absolute atomic E-state index is 14.0. The van der Waals surface area contributed by atoms with Crippen molar-refractivity contribution in [3.63, 3.8) is 0 Å². The molecule has 0 aromatic carbocycles. The van der Waals surface area contributed by atoms with E-state index in [1.54, 1.807) is 12.1 Å². The summed E-state index contributed by atoms with van der Waals surface area (Å²) in [5.41, 5.74) is 0.479. The molecule has 4 aliphatic carbocycles. The first-order valence-electron chi connectivity index (χ1n) is 17.0. The maximum atomic E-state index is 14.0. The number of carbonyl (C=O) groups is 3. The summed E-state index contributed by atoms with van der Waals surface area (Å²) in [4.78, 5) is 38.6. The summed E-state index contributed by atoms with van der Waals surface area (Å²) >= 11 is 0. The molecule has 1 aliphatic heterocycles. The third kappa shape index (κ3) is 6.16. The van der Waals surface area contributed by atoms with Gasteiger partial charge in [0.2, 0.25) is 0 Å². The van der Waals surface area contributed by atoms with Gasteiger partial charge in [0.05, 0.1) is 38.4 Å². The summed E-state index contributed by atoms with van der Waals surface area (Å²) in [7, 11) is 0. The SMILES string of the molecule is CC(C)CC1CCC2C3CCC4C5COC[C@@]4(C[C@@H](OC(=O)O)[C@@H]5OCC(C)NCc4ccc(CO)o4)C3=CC(=O)C2[C@@H]1C(=O)O. The normalized spacial score (nSPS) is 37.5. The van der Waals surface area contributed by atoms with Crippen molar-refractivity contribution in [2.24, 2.45) is 52.8 Å². The van der Waals surface area contributed by atoms with Crippen LogP contribution >= 0.6 is 0 Å². The molecule has 0 radical (unpaired) electrons. The number of carboxylic acids is 1. The molecule has 4 fully saturated rings. The smallest absolute Gasteiger partial charge is 0.481 e. The minimum absolute atomic E-state index is 0.00976. The van der Waals surface area contributed by atoms with Crippen LogP contribution in [0.3, 0.4) is 0 Å². The van der Waals surface area contributed by atoms with Gasteiger partial charge < -0.3 is 39.3 Å². The molecular weight excluding hydrogens is 594 g/mol. The summed E-state index contributed by atoms with van der Waals surface area (Å²) < 4.78 is 23.9. The number of hydrogen-bond acceptors (Lipinski definition) is 9. The van der Waals surface area contributed by atoms with E-state index in [1.165, 1.54) is 0 Å². The highest BCUT2D eigenvalue weighted by Crippen LogP contribution is 2.64. The Morgan fingerprint density at radius 2 is 1.87 bits per heavy atom. The number of ketones is 1. The summed E-state index contributed by atoms with van der Waals surface area (Å²) in [6.45, 7) is 7.61. The van der Waals surface area contributed by atoms with Crippen LogP contribution in [-0.4, -0.2) is 71.3 Å². The monoisotopic (exact) mass is 643 g/mol. The van der Waals surface area contributed by atoms with E-state index in [4.69, 9.17) is 18.6 Å². The van der Waals surface area contributed by atoms with Gasteiger partial charge in [-0.25, -0.2) is 4.79 Å². The van der Waals surface area contributed by atoms with Crippen LogP contribution in [0.4, 0.5) is 4.79 Å². The summed E-state index contributed by atoms with van der Waals surface area (Å²) in [6, 6.07) is 3.46. The Morgan fingerprint density at radius 1 is 1.09 bits per heavy atom. The fourth-order valence-electron chi connectivity index (χ4n) is 10.1. The second kappa shape index (κ2) is 13.4. The number of carboxylic acid groups (broad SMARTS) is 2. The first-order valence-corrected chi connectivity index (χ1v) is 17.0. The fraction of sp³-hybridized carbons (Fsp3) is 0.743. The zero-order chi connectivity index (χ0) is 32.7. The highest BCUT2D eigenvalue weighted by Gasteiger charge is 2.64. The van der Waals surface area contributed by atoms with Gasteiger partial charge in [-0.1, -0.05) is 19.4 Å². The molecule has 1 aromatic rings. The minimum Gasteiger partial charge on any atom is -0.481 e. The molecule has 1 saturated heterocycles. The van der Waals surface area contributed by atoms with Crippen molar-refractivity contribution >= 4 is 17.9 Å². The number of hydrogen-bond donors (Lipinski definition) is 4. The molecule has 6 rings (SSSR count). The highest BCUT2D eigenvalue weighted by atomic mass is 16.7. The quantitative estimate of drug-likeness (QED) is 0.248. The lowest BCUT2D eigenvalue weighted by molar-refractivity contribution is -0.218. The van der Waals surface area contributed by atoms with E-state index < -0.39 is 41.6 Å². The summed E-state index contributed by atoms with van der Waals surface area (Å²) in [6.07, 6.45) is 3.72. The van der Waals surface area contributed by atoms with E-state index in [9.17, 15) is 29.7 Å². The van der Waals surface area contributed by atoms with Crippen molar-refractivity contribution in [1.82, 2.24) is 5.32 Å². The van der Waals surface area contributed by atoms with Gasteiger partial charge in [-0.2, -0.15) is 0 Å². The lowest BCUT2D eigenvalue weighted by atomic mass is 9.45. The topological polar surface area (TPSA) is 165 Å². The number of nitrogens with one attached hydrogen (secondary N) is 1. The molecule has 0 spiro atoms. The molecule has 2 bridgehead atoms. The average Bonchev–Trinajstić information content (AvgIpc) is 3.47. The fourth-order valence-corrected chi connectivity index (χ4v) is 10.1. The van der Waals surface area contributed by atoms with E-state index in [0.717, 1.165) is 37.7 Å². The molecule has 254 valence electrons. The predicted octanol–water partition coefficient (Wildman–Crippen LogP) is 4.66. The number of ether oxygens (including phenoxy) is 3. The van der Waals surface area contributed by atoms with Gasteiger partial charge in [-0.3, -0.25) is 9.59 Å². The molecule has 11 atom stereocenters. The molecule has 4 N–H and O–H groups in total. The van der Waals surface area contributed by atoms with Crippen LogP contribution in [-0.2, 0) is 37.0 Å². The zero-order valence-corrected chi connectivity index (χ0v) is 27.1. The molecule has 11 heteroatoms. The zero-order valence-electron chi connectivity index (χ0n) is 27.1. The molecule has 46 heavy (non-hydrogen) atoms. The molecule has 2 heterocycles. The third-order valence-corrected chi connectivity index (χ3v) is 11.7. The number of allylic oxidation sites excluding steroid dienone is 1. The van der Waals surface area contributed by atoms with Crippen LogP contribution in [0.5, 0.6) is 0 Å². The third-order valence-electron chi connectivity index (χ3n) is 11.7. The molecule has 5 aliphatic rings. The lowest BCUT2D eigenvalue weighted by Gasteiger charge is -2.62. The van der Waals surface area contributed by atoms with E-state index in [-0.39, 0.29) is 48.0 Å². The van der Waals surface area contributed by atoms with Gasteiger partial charge in [0.25, 0.3) is 0 Å². The number of aliphatic hydroxyl groups is 1. The summed E-state index contributed by atoms with van der Waals surface area (Å²) in [5.74, 6) is -0.541. The van der Waals surface area contributed by atoms with Crippen molar-refractivity contribution in [3.05, 3.63) is 35.3 Å². The number of fused-ring (bicyclic) bond motifs is 3. The maximum Gasteiger partial charge on any atom is 0.506 e. The van der Waals surface area contributed by atoms with Crippen LogP contribution in [0.1, 0.15) is 70.8 Å². The van der Waals surface area contributed by atoms with Crippen molar-refractivity contribution in [1.29, 1.82) is 0 Å². The largest absolute Gasteiger partial charge is 0.506 e. The van der Waals surface area contributed by atoms with Crippen LogP contribution in [0.15, 0.2) is 28.2 Å². The van der Waals surface area contributed by atoms with E-state index in [1.807, 2.05) is 13.0 Å². The van der Waals surface area contributed by atoms with Crippen molar-refractivity contribution in [3.8, 4) is 0 Å². The second-order valence-electron chi connectivity index (χ2n) is 14.9. The first-order chi connectivity index (χ1) is 22.0. The first kappa shape index (κ1) is 33.2. The lowest BCUT2D eigenvalue weighted by Crippen LogP contribution is -2.64. The molecule has 11 nitrogen and oxygen atoms in total. The number of carbonyl (C=O) groups excluding carboxylic acids is 1. The molecule has 3 saturated carbocycles. The second-order valence-corrected chi connectivity index (χ2v) is 14.9. The Bertz CT molecular complexity index is 1320. The Balaban J connectivity index is 1.23. The van der Waals surface area contributed by atoms with E-state index in [0.29, 0.717) is 50.2 Å². The van der Waals surface area contributed by atoms with Crippen molar-refractivity contribution in [2.75, 3.05) is 19.8 Å². The van der Waals surface area contributed by atoms with E-state index >= 15 is 0 Å².